The van der Waals surface area contributed by atoms with Crippen LogP contribution in [0.3, 0.4) is 0 Å². The number of hydrogen-bond acceptors (Lipinski definition) is 1. The molecule has 104 valence electrons. The van der Waals surface area contributed by atoms with Gasteiger partial charge in [-0.1, -0.05) is 37.0 Å². The van der Waals surface area contributed by atoms with Gasteiger partial charge in [0.2, 0.25) is 0 Å². The van der Waals surface area contributed by atoms with E-state index in [1.54, 1.807) is 18.2 Å². The summed E-state index contributed by atoms with van der Waals surface area (Å²) in [5.74, 6) is 1.33. The number of benzene rings is 1. The van der Waals surface area contributed by atoms with Crippen molar-refractivity contribution in [2.75, 3.05) is 18.4 Å². The normalized spacial score (nSPS) is 23.3. The number of rotatable bonds is 1. The molecule has 0 radical (unpaired) electrons. The Kier molecular flexibility index (Phi) is 4.93. The van der Waals surface area contributed by atoms with Crippen molar-refractivity contribution in [1.82, 2.24) is 4.90 Å². The average molecular weight is 317 g/mol. The van der Waals surface area contributed by atoms with Gasteiger partial charge in [0.25, 0.3) is 0 Å². The summed E-state index contributed by atoms with van der Waals surface area (Å²) in [5.41, 5.74) is 0.769. The third-order valence-electron chi connectivity index (χ3n) is 3.33. The fourth-order valence-electron chi connectivity index (χ4n) is 2.62. The number of hydrogen-bond donors (Lipinski definition) is 1. The van der Waals surface area contributed by atoms with Crippen LogP contribution in [0.1, 0.15) is 20.3 Å². The largest absolute Gasteiger partial charge is 0.348 e. The van der Waals surface area contributed by atoms with Gasteiger partial charge in [-0.3, -0.25) is 0 Å². The predicted octanol–water partition coefficient (Wildman–Crippen LogP) is 4.67. The van der Waals surface area contributed by atoms with Gasteiger partial charge in [0.15, 0.2) is 5.11 Å². The molecule has 1 fully saturated rings. The first-order valence-electron chi connectivity index (χ1n) is 6.46. The standard InChI is InChI=1S/C14H18Cl2N2S/c1-9-5-10(2)8-18(7-9)14(19)17-13-6-11(15)3-4-12(13)16/h3-4,6,9-10H,5,7-8H2,1-2H3,(H,17,19). The number of nitrogens with one attached hydrogen (secondary N) is 1. The van der Waals surface area contributed by atoms with Crippen LogP contribution in [0.2, 0.25) is 10.0 Å². The molecule has 0 saturated carbocycles. The van der Waals surface area contributed by atoms with Crippen LogP contribution in [-0.2, 0) is 0 Å². The molecule has 19 heavy (non-hydrogen) atoms. The van der Waals surface area contributed by atoms with E-state index >= 15 is 0 Å². The maximum Gasteiger partial charge on any atom is 0.173 e. The highest BCUT2D eigenvalue weighted by Crippen LogP contribution is 2.27. The zero-order valence-electron chi connectivity index (χ0n) is 11.1. The van der Waals surface area contributed by atoms with Crippen LogP contribution in [-0.4, -0.2) is 23.1 Å². The van der Waals surface area contributed by atoms with E-state index in [9.17, 15) is 0 Å². The van der Waals surface area contributed by atoms with Crippen LogP contribution < -0.4 is 5.32 Å². The molecular formula is C14H18Cl2N2S. The molecule has 2 atom stereocenters. The van der Waals surface area contributed by atoms with Gasteiger partial charge in [-0.2, -0.15) is 0 Å². The zero-order chi connectivity index (χ0) is 14.0. The Bertz CT molecular complexity index is 469. The Balaban J connectivity index is 2.06. The smallest absolute Gasteiger partial charge is 0.173 e. The van der Waals surface area contributed by atoms with Gasteiger partial charge in [0.1, 0.15) is 0 Å². The third-order valence-corrected chi connectivity index (χ3v) is 4.25. The second-order valence-electron chi connectivity index (χ2n) is 5.41. The summed E-state index contributed by atoms with van der Waals surface area (Å²) >= 11 is 17.6. The second-order valence-corrected chi connectivity index (χ2v) is 6.64. The van der Waals surface area contributed by atoms with Crippen LogP contribution in [0.15, 0.2) is 18.2 Å². The predicted molar refractivity (Wildman–Crippen MR) is 87.2 cm³/mol. The van der Waals surface area contributed by atoms with Crippen molar-refractivity contribution in [1.29, 1.82) is 0 Å². The van der Waals surface area contributed by atoms with Crippen molar-refractivity contribution in [2.24, 2.45) is 11.8 Å². The van der Waals surface area contributed by atoms with Crippen molar-refractivity contribution >= 4 is 46.2 Å². The molecular weight excluding hydrogens is 299 g/mol. The number of anilines is 1. The van der Waals surface area contributed by atoms with Crippen molar-refractivity contribution < 1.29 is 0 Å². The summed E-state index contributed by atoms with van der Waals surface area (Å²) in [6, 6.07) is 5.34. The molecule has 0 aliphatic carbocycles. The molecule has 2 rings (SSSR count). The summed E-state index contributed by atoms with van der Waals surface area (Å²) < 4.78 is 0. The van der Waals surface area contributed by atoms with Gasteiger partial charge in [-0.05, 0) is 48.7 Å². The molecule has 1 aliphatic rings. The summed E-state index contributed by atoms with van der Waals surface area (Å²) in [4.78, 5) is 2.21. The molecule has 1 aliphatic heterocycles. The minimum absolute atomic E-state index is 0.629. The molecule has 0 spiro atoms. The first-order chi connectivity index (χ1) is 8.95. The summed E-state index contributed by atoms with van der Waals surface area (Å²) in [6.07, 6.45) is 1.26. The lowest BCUT2D eigenvalue weighted by Gasteiger charge is -2.36. The maximum absolute atomic E-state index is 6.14. The van der Waals surface area contributed by atoms with Gasteiger partial charge >= 0.3 is 0 Å². The van der Waals surface area contributed by atoms with E-state index in [1.165, 1.54) is 6.42 Å². The third kappa shape index (κ3) is 3.98. The van der Waals surface area contributed by atoms with Crippen LogP contribution in [0.25, 0.3) is 0 Å². The SMILES string of the molecule is CC1CC(C)CN(C(=S)Nc2cc(Cl)ccc2Cl)C1. The topological polar surface area (TPSA) is 15.3 Å². The molecule has 5 heteroatoms. The van der Waals surface area contributed by atoms with E-state index in [1.807, 2.05) is 0 Å². The van der Waals surface area contributed by atoms with Crippen LogP contribution >= 0.6 is 35.4 Å². The van der Waals surface area contributed by atoms with Gasteiger partial charge in [-0.15, -0.1) is 0 Å². The van der Waals surface area contributed by atoms with Gasteiger partial charge in [0.05, 0.1) is 10.7 Å². The van der Waals surface area contributed by atoms with E-state index in [4.69, 9.17) is 35.4 Å². The van der Waals surface area contributed by atoms with Crippen molar-refractivity contribution in [2.45, 2.75) is 20.3 Å². The average Bonchev–Trinajstić information content (AvgIpc) is 2.32. The molecule has 1 heterocycles. The van der Waals surface area contributed by atoms with Gasteiger partial charge < -0.3 is 10.2 Å². The second kappa shape index (κ2) is 6.29. The fourth-order valence-corrected chi connectivity index (χ4v) is 3.21. The molecule has 2 nitrogen and oxygen atoms in total. The molecule has 0 aromatic heterocycles. The van der Waals surface area contributed by atoms with Crippen molar-refractivity contribution in [3.63, 3.8) is 0 Å². The number of piperidine rings is 1. The molecule has 0 amide bonds. The number of nitrogens with zero attached hydrogens (tertiary/aromatic N) is 1. The Hall–Kier alpha value is -0.510. The lowest BCUT2D eigenvalue weighted by atomic mass is 9.92. The Labute approximate surface area is 130 Å². The monoisotopic (exact) mass is 316 g/mol. The highest BCUT2D eigenvalue weighted by atomic mass is 35.5. The summed E-state index contributed by atoms with van der Waals surface area (Å²) in [6.45, 7) is 6.51. The minimum atomic E-state index is 0.629. The molecule has 2 unspecified atom stereocenters. The van der Waals surface area contributed by atoms with E-state index in [-0.39, 0.29) is 0 Å². The summed E-state index contributed by atoms with van der Waals surface area (Å²) in [5, 5.41) is 5.21. The van der Waals surface area contributed by atoms with E-state index in [0.29, 0.717) is 21.9 Å². The number of thiocarbonyl (C=S) groups is 1. The molecule has 0 bridgehead atoms. The van der Waals surface area contributed by atoms with E-state index < -0.39 is 0 Å². The number of halogens is 2. The Morgan fingerprint density at radius 1 is 1.26 bits per heavy atom. The Morgan fingerprint density at radius 3 is 2.53 bits per heavy atom. The van der Waals surface area contributed by atoms with Crippen molar-refractivity contribution in [3.05, 3.63) is 28.2 Å². The lowest BCUT2D eigenvalue weighted by molar-refractivity contribution is 0.216. The zero-order valence-corrected chi connectivity index (χ0v) is 13.4. The molecule has 1 saturated heterocycles. The molecule has 1 N–H and O–H groups in total. The molecule has 1 aromatic rings. The quantitative estimate of drug-likeness (QED) is 0.758. The first kappa shape index (κ1) is 14.9. The van der Waals surface area contributed by atoms with Crippen molar-refractivity contribution in [3.8, 4) is 0 Å². The fraction of sp³-hybridized carbons (Fsp3) is 0.500. The first-order valence-corrected chi connectivity index (χ1v) is 7.63. The van der Waals surface area contributed by atoms with Crippen LogP contribution in [0.4, 0.5) is 5.69 Å². The maximum atomic E-state index is 6.14. The van der Waals surface area contributed by atoms with Crippen LogP contribution in [0.5, 0.6) is 0 Å². The van der Waals surface area contributed by atoms with E-state index in [2.05, 4.69) is 24.1 Å². The minimum Gasteiger partial charge on any atom is -0.348 e. The molecule has 1 aromatic carbocycles. The summed E-state index contributed by atoms with van der Waals surface area (Å²) in [7, 11) is 0. The highest BCUT2D eigenvalue weighted by molar-refractivity contribution is 7.80. The van der Waals surface area contributed by atoms with Crippen LogP contribution in [0, 0.1) is 11.8 Å². The lowest BCUT2D eigenvalue weighted by Crippen LogP contribution is -2.44. The van der Waals surface area contributed by atoms with Gasteiger partial charge in [0, 0.05) is 18.1 Å². The van der Waals surface area contributed by atoms with E-state index in [0.717, 1.165) is 23.9 Å². The highest BCUT2D eigenvalue weighted by Gasteiger charge is 2.23. The Morgan fingerprint density at radius 2 is 1.89 bits per heavy atom. The number of likely N-dealkylation sites (tertiary alicyclic amines) is 1. The van der Waals surface area contributed by atoms with Gasteiger partial charge in [-0.25, -0.2) is 0 Å².